The Balaban J connectivity index is 0.000000165. The Bertz CT molecular complexity index is 2240. The molecule has 4 aromatic heterocycles. The first-order valence-electron chi connectivity index (χ1n) is 19.6. The number of aromatic nitrogens is 4. The van der Waals surface area contributed by atoms with Crippen LogP contribution in [0.3, 0.4) is 0 Å². The van der Waals surface area contributed by atoms with Crippen molar-refractivity contribution in [2.45, 2.75) is 26.7 Å². The lowest BCUT2D eigenvalue weighted by molar-refractivity contribution is -0.136. The molecule has 2 aromatic carbocycles. The van der Waals surface area contributed by atoms with Crippen molar-refractivity contribution in [2.24, 2.45) is 0 Å². The van der Waals surface area contributed by atoms with E-state index in [0.29, 0.717) is 17.8 Å². The van der Waals surface area contributed by atoms with Gasteiger partial charge in [0, 0.05) is 50.0 Å². The third-order valence-corrected chi connectivity index (χ3v) is 9.56. The zero-order valence-electron chi connectivity index (χ0n) is 33.5. The number of pyridine rings is 4. The summed E-state index contributed by atoms with van der Waals surface area (Å²) >= 11 is 0. The van der Waals surface area contributed by atoms with Crippen LogP contribution in [0, 0.1) is 13.8 Å². The van der Waals surface area contributed by atoms with E-state index in [1.54, 1.807) is 18.6 Å². The third kappa shape index (κ3) is 13.2. The number of ether oxygens (including phenoxy) is 2. The fraction of sp³-hybridized carbons (Fsp3) is 0.261. The summed E-state index contributed by atoms with van der Waals surface area (Å²) < 4.78 is 10.6. The van der Waals surface area contributed by atoms with Crippen LogP contribution in [0.1, 0.15) is 22.5 Å². The van der Waals surface area contributed by atoms with E-state index in [0.717, 1.165) is 109 Å². The SMILES string of the molecule is Cc1cc(-c2ccc(CC(=O)Nc3ccc(N4CCOCC4)nc3)cc2)ccn1.Cc1cc(-c2ccc(CC(=O)O)cc2)ccn1.Nc1ccc(N2CCOCC2)nc1. The summed E-state index contributed by atoms with van der Waals surface area (Å²) in [7, 11) is 0. The van der Waals surface area contributed by atoms with Crippen molar-refractivity contribution in [2.75, 3.05) is 73.5 Å². The number of aliphatic carboxylic acids is 1. The molecule has 0 saturated carbocycles. The van der Waals surface area contributed by atoms with Crippen LogP contribution in [-0.4, -0.2) is 89.5 Å². The molecular formula is C46H50N8O5. The van der Waals surface area contributed by atoms with E-state index in [1.807, 2.05) is 111 Å². The van der Waals surface area contributed by atoms with Gasteiger partial charge in [0.15, 0.2) is 0 Å². The maximum absolute atomic E-state index is 12.4. The Labute approximate surface area is 344 Å². The molecule has 0 radical (unpaired) electrons. The van der Waals surface area contributed by atoms with E-state index >= 15 is 0 Å². The number of nitrogens with two attached hydrogens (primary N) is 1. The van der Waals surface area contributed by atoms with E-state index in [1.165, 1.54) is 0 Å². The van der Waals surface area contributed by atoms with Crippen LogP contribution in [0.4, 0.5) is 23.0 Å². The van der Waals surface area contributed by atoms with E-state index in [2.05, 4.69) is 41.1 Å². The van der Waals surface area contributed by atoms with Gasteiger partial charge in [-0.1, -0.05) is 48.5 Å². The third-order valence-electron chi connectivity index (χ3n) is 9.56. The fourth-order valence-electron chi connectivity index (χ4n) is 6.46. The van der Waals surface area contributed by atoms with Crippen molar-refractivity contribution < 1.29 is 24.2 Å². The summed E-state index contributed by atoms with van der Waals surface area (Å²) in [5, 5.41) is 11.6. The van der Waals surface area contributed by atoms with Gasteiger partial charge in [0.2, 0.25) is 5.91 Å². The highest BCUT2D eigenvalue weighted by Crippen LogP contribution is 2.22. The van der Waals surface area contributed by atoms with E-state index < -0.39 is 5.97 Å². The number of hydrogen-bond acceptors (Lipinski definition) is 11. The van der Waals surface area contributed by atoms with Gasteiger partial charge in [-0.2, -0.15) is 0 Å². The van der Waals surface area contributed by atoms with E-state index in [9.17, 15) is 9.59 Å². The van der Waals surface area contributed by atoms with E-state index in [4.69, 9.17) is 20.3 Å². The van der Waals surface area contributed by atoms with Gasteiger partial charge in [0.05, 0.1) is 63.0 Å². The monoisotopic (exact) mass is 794 g/mol. The molecular weight excluding hydrogens is 745 g/mol. The Morgan fingerprint density at radius 2 is 1.08 bits per heavy atom. The summed E-state index contributed by atoms with van der Waals surface area (Å²) in [4.78, 5) is 44.4. The summed E-state index contributed by atoms with van der Waals surface area (Å²) in [5.41, 5.74) is 15.1. The number of aryl methyl sites for hydroxylation is 2. The Hall–Kier alpha value is -6.70. The maximum atomic E-state index is 12.4. The highest BCUT2D eigenvalue weighted by atomic mass is 16.5. The molecule has 0 spiro atoms. The Morgan fingerprint density at radius 1 is 0.610 bits per heavy atom. The topological polar surface area (TPSA) is 169 Å². The number of benzene rings is 2. The standard InChI is InChI=1S/C23H24N4O2.C14H13NO2.C9H13N3O/c1-17-14-20(8-9-24-17)19-4-2-18(3-5-19)15-23(28)26-21-6-7-22(25-16-21)27-10-12-29-13-11-27;1-10-8-13(6-7-15-10)12-4-2-11(3-5-12)9-14(16)17;10-8-1-2-9(11-7-8)12-3-5-13-6-4-12/h2-9,14,16H,10-13,15H2,1H3,(H,26,28);2-8H,9H2,1H3,(H,16,17);1-2,7H,3-6,10H2. The van der Waals surface area contributed by atoms with Crippen LogP contribution in [0.5, 0.6) is 0 Å². The van der Waals surface area contributed by atoms with Crippen LogP contribution < -0.4 is 20.9 Å². The van der Waals surface area contributed by atoms with Crippen molar-refractivity contribution in [3.63, 3.8) is 0 Å². The number of amides is 1. The maximum Gasteiger partial charge on any atom is 0.307 e. The van der Waals surface area contributed by atoms with Gasteiger partial charge in [0.25, 0.3) is 0 Å². The molecule has 13 nitrogen and oxygen atoms in total. The second-order valence-electron chi connectivity index (χ2n) is 14.1. The van der Waals surface area contributed by atoms with E-state index in [-0.39, 0.29) is 12.3 Å². The number of nitrogens with one attached hydrogen (secondary N) is 1. The fourth-order valence-corrected chi connectivity index (χ4v) is 6.46. The largest absolute Gasteiger partial charge is 0.481 e. The van der Waals surface area contributed by atoms with Gasteiger partial charge < -0.3 is 35.4 Å². The molecule has 2 saturated heterocycles. The second-order valence-corrected chi connectivity index (χ2v) is 14.1. The van der Waals surface area contributed by atoms with Crippen molar-refractivity contribution in [3.05, 3.63) is 144 Å². The number of rotatable bonds is 9. The minimum Gasteiger partial charge on any atom is -0.481 e. The van der Waals surface area contributed by atoms with Gasteiger partial charge in [-0.05, 0) is 95.8 Å². The molecule has 2 aliphatic heterocycles. The first kappa shape index (κ1) is 41.9. The number of carbonyl (C=O) groups is 2. The van der Waals surface area contributed by atoms with Gasteiger partial charge >= 0.3 is 5.97 Å². The highest BCUT2D eigenvalue weighted by Gasteiger charge is 2.13. The minimum absolute atomic E-state index is 0.0570. The number of carbonyl (C=O) groups excluding carboxylic acids is 1. The number of morpholine rings is 2. The Morgan fingerprint density at radius 3 is 1.51 bits per heavy atom. The number of anilines is 4. The zero-order chi connectivity index (χ0) is 41.4. The van der Waals surface area contributed by atoms with Crippen molar-refractivity contribution in [1.82, 2.24) is 19.9 Å². The molecule has 6 aromatic rings. The molecule has 6 heterocycles. The lowest BCUT2D eigenvalue weighted by atomic mass is 10.0. The van der Waals surface area contributed by atoms with Crippen LogP contribution in [0.25, 0.3) is 22.3 Å². The van der Waals surface area contributed by atoms with Crippen LogP contribution >= 0.6 is 0 Å². The van der Waals surface area contributed by atoms with Crippen LogP contribution in [0.15, 0.2) is 122 Å². The van der Waals surface area contributed by atoms with Crippen molar-refractivity contribution >= 4 is 34.9 Å². The molecule has 304 valence electrons. The van der Waals surface area contributed by atoms with Crippen molar-refractivity contribution in [1.29, 1.82) is 0 Å². The van der Waals surface area contributed by atoms with Gasteiger partial charge in [-0.25, -0.2) is 9.97 Å². The molecule has 2 aliphatic rings. The van der Waals surface area contributed by atoms with Crippen molar-refractivity contribution in [3.8, 4) is 22.3 Å². The molecule has 0 atom stereocenters. The summed E-state index contributed by atoms with van der Waals surface area (Å²) in [6, 6.07) is 31.3. The zero-order valence-corrected chi connectivity index (χ0v) is 33.5. The minimum atomic E-state index is -0.808. The first-order valence-corrected chi connectivity index (χ1v) is 19.6. The lowest BCUT2D eigenvalue weighted by Gasteiger charge is -2.27. The number of hydrogen-bond donors (Lipinski definition) is 3. The Kier molecular flexibility index (Phi) is 15.0. The van der Waals surface area contributed by atoms with Gasteiger partial charge in [-0.3, -0.25) is 19.6 Å². The summed E-state index contributed by atoms with van der Waals surface area (Å²) in [6.07, 6.45) is 7.36. The summed E-state index contributed by atoms with van der Waals surface area (Å²) in [5.74, 6) is 1.03. The number of carboxylic acid groups (broad SMARTS) is 1. The van der Waals surface area contributed by atoms with Crippen LogP contribution in [0.2, 0.25) is 0 Å². The molecule has 0 unspecified atom stereocenters. The average molecular weight is 795 g/mol. The van der Waals surface area contributed by atoms with Crippen LogP contribution in [-0.2, 0) is 31.9 Å². The number of carboxylic acids is 1. The quantitative estimate of drug-likeness (QED) is 0.143. The van der Waals surface area contributed by atoms with Gasteiger partial charge in [-0.15, -0.1) is 0 Å². The molecule has 0 aliphatic carbocycles. The van der Waals surface area contributed by atoms with Gasteiger partial charge in [0.1, 0.15) is 11.6 Å². The lowest BCUT2D eigenvalue weighted by Crippen LogP contribution is -2.36. The number of nitrogen functional groups attached to an aromatic ring is 1. The molecule has 0 bridgehead atoms. The molecule has 1 amide bonds. The predicted molar refractivity (Wildman–Crippen MR) is 231 cm³/mol. The number of nitrogens with zero attached hydrogens (tertiary/aromatic N) is 6. The molecule has 8 rings (SSSR count). The molecule has 2 fully saturated rings. The normalized spacial score (nSPS) is 13.6. The smallest absolute Gasteiger partial charge is 0.307 e. The summed E-state index contributed by atoms with van der Waals surface area (Å²) in [6.45, 7) is 10.4. The molecule has 59 heavy (non-hydrogen) atoms. The first-order chi connectivity index (χ1) is 28.7. The predicted octanol–water partition coefficient (Wildman–Crippen LogP) is 6.65. The molecule has 13 heteroatoms. The average Bonchev–Trinajstić information content (AvgIpc) is 3.26. The highest BCUT2D eigenvalue weighted by molar-refractivity contribution is 5.92. The second kappa shape index (κ2) is 21.2. The molecule has 4 N–H and O–H groups in total.